The molecule has 0 aromatic heterocycles. The Balaban J connectivity index is -0.00000000167. The van der Waals surface area contributed by atoms with E-state index in [9.17, 15) is 0 Å². The molecule has 0 aliphatic rings. The summed E-state index contributed by atoms with van der Waals surface area (Å²) in [5, 5.41) is 0. The quantitative estimate of drug-likeness (QED) is 0.362. The minimum Gasteiger partial charge on any atom is -0.412 e. The molecule has 0 rings (SSSR count). The molecule has 5 heavy (non-hydrogen) atoms. The van der Waals surface area contributed by atoms with Crippen LogP contribution in [0.25, 0.3) is 0 Å². The first-order valence-electron chi connectivity index (χ1n) is 0.707. The van der Waals surface area contributed by atoms with E-state index in [1.165, 1.54) is 0 Å². The maximum absolute atomic E-state index is 3.25. The third-order valence-electron chi connectivity index (χ3n) is 0. The normalized spacial score (nSPS) is 1.20. The maximum Gasteiger partial charge on any atom is 0 e. The van der Waals surface area contributed by atoms with Gasteiger partial charge in [0, 0.05) is 0 Å². The zero-order chi connectivity index (χ0) is 2.00. The largest absolute Gasteiger partial charge is 0.412 e. The van der Waals surface area contributed by atoms with Crippen molar-refractivity contribution >= 4 is 0 Å². The van der Waals surface area contributed by atoms with Crippen LogP contribution in [0.4, 0.5) is 0 Å². The van der Waals surface area contributed by atoms with Gasteiger partial charge in [-0.1, -0.05) is 0 Å². The zero-order valence-electron chi connectivity index (χ0n) is 3.62. The van der Waals surface area contributed by atoms with Crippen LogP contribution in [-0.4, -0.2) is 5.48 Å². The monoisotopic (exact) mass is 581 g/mol. The molecule has 3 heteroatoms. The van der Waals surface area contributed by atoms with Crippen LogP contribution in [0.5, 0.6) is 0 Å². The molecule has 0 atom stereocenters. The van der Waals surface area contributed by atoms with Gasteiger partial charge in [-0.25, -0.2) is 0 Å². The van der Waals surface area contributed by atoms with Crippen molar-refractivity contribution in [1.82, 2.24) is 0 Å². The second-order valence-electron chi connectivity index (χ2n) is 0. The van der Waals surface area contributed by atoms with Gasteiger partial charge in [-0.05, 0) is 0 Å². The average Bonchev–Trinajstić information content (AvgIpc) is 1.00. The predicted molar refractivity (Wildman–Crippen MR) is 14.6 cm³/mol. The van der Waals surface area contributed by atoms with Crippen molar-refractivity contribution in [1.29, 1.82) is 0 Å². The van der Waals surface area contributed by atoms with Crippen LogP contribution in [0.3, 0.4) is 0 Å². The van der Waals surface area contributed by atoms with Crippen molar-refractivity contribution in [2.45, 2.75) is 6.92 Å². The number of hydrogen-bond donors (Lipinski definition) is 0. The van der Waals surface area contributed by atoms with Crippen molar-refractivity contribution in [3.8, 4) is 0 Å². The molecule has 0 aromatic rings. The molecule has 0 aromatic carbocycles. The summed E-state index contributed by atoms with van der Waals surface area (Å²) >= 11 is 0. The van der Waals surface area contributed by atoms with Crippen molar-refractivity contribution in [3.05, 3.63) is 6.92 Å². The molecule has 1 nitrogen and oxygen atoms in total. The molecule has 0 aliphatic heterocycles. The van der Waals surface area contributed by atoms with E-state index in [-0.39, 0.29) is 5.48 Å². The van der Waals surface area contributed by atoms with Gasteiger partial charge in [-0.3, -0.25) is 0 Å². The van der Waals surface area contributed by atoms with E-state index in [1.54, 1.807) is 6.92 Å². The van der Waals surface area contributed by atoms with E-state index in [4.69, 9.17) is 0 Å². The topological polar surface area (TPSA) is 31.5 Å². The Morgan fingerprint density at radius 1 is 1.00 bits per heavy atom. The third-order valence-corrected chi connectivity index (χ3v) is 0. The third kappa shape index (κ3) is 0.000754. The first-order chi connectivity index (χ1) is 1.00. The summed E-state index contributed by atoms with van der Waals surface area (Å²) in [5.74, 6) is 0. The molecule has 0 spiro atoms. The fraction of sp³-hybridized carbons (Fsp3) is 0.500. The molecule has 0 radical (unpaired) electrons. The van der Waals surface area contributed by atoms with E-state index >= 15 is 0 Å². The molecule has 26 valence electrons. The molecule has 0 aliphatic carbocycles. The molecule has 0 saturated heterocycles. The van der Waals surface area contributed by atoms with E-state index < -0.39 is 0 Å². The minimum absolute atomic E-state index is 0. The number of hydrogen-bond acceptors (Lipinski definition) is 0. The molecule has 0 fully saturated rings. The van der Waals surface area contributed by atoms with E-state index in [2.05, 4.69) is 6.92 Å². The Labute approximate surface area is 20.6 Å². The molecular formula is C2H7ORf2-. The molecule has 2 N–H and O–H groups in total. The van der Waals surface area contributed by atoms with E-state index in [0.717, 1.165) is 0 Å². The molecule has 0 amide bonds. The second kappa shape index (κ2) is 0.434. The fourth-order valence-corrected chi connectivity index (χ4v) is 0. The summed E-state index contributed by atoms with van der Waals surface area (Å²) in [6, 6.07) is 0. The molecule has 0 saturated carbocycles. The van der Waals surface area contributed by atoms with Crippen LogP contribution in [0.1, 0.15) is 6.92 Å². The van der Waals surface area contributed by atoms with Crippen molar-refractivity contribution in [2.24, 2.45) is 0 Å². The smallest absolute Gasteiger partial charge is 0 e. The first-order valence-corrected chi connectivity index (χ1v) is 0.707. The molecule has 0 unspecified atom stereocenters. The van der Waals surface area contributed by atoms with Gasteiger partial charge in [-0.15, -0.1) is 0 Å². The predicted octanol–water partition coefficient (Wildman–Crippen LogP) is 0.0157. The Morgan fingerprint density at radius 2 is 1.00 bits per heavy atom. The standard InChI is InChI=1S/C2H5.H2O.2Rf/c1-2;;;/h1H2,2H3;1H2;;/q-1;;;. The Morgan fingerprint density at radius 3 is 1.00 bits per heavy atom. The van der Waals surface area contributed by atoms with Gasteiger partial charge in [0.25, 0.3) is 0 Å². The second-order valence-corrected chi connectivity index (χ2v) is 0. The van der Waals surface area contributed by atoms with Gasteiger partial charge in [0.2, 0.25) is 0 Å². The Hall–Kier alpha value is -2.04. The van der Waals surface area contributed by atoms with Gasteiger partial charge >= 0.3 is 0 Å². The molecule has 0 heterocycles. The maximum atomic E-state index is 3.25. The summed E-state index contributed by atoms with van der Waals surface area (Å²) in [5.41, 5.74) is 0. The van der Waals surface area contributed by atoms with Crippen LogP contribution < -0.4 is 0 Å². The van der Waals surface area contributed by atoms with Crippen LogP contribution >= 0.6 is 0 Å². The fourth-order valence-electron chi connectivity index (χ4n) is 0. The summed E-state index contributed by atoms with van der Waals surface area (Å²) < 4.78 is 0. The summed E-state index contributed by atoms with van der Waals surface area (Å²) in [6.07, 6.45) is 0. The van der Waals surface area contributed by atoms with Crippen LogP contribution in [-0.2, 0) is 0 Å². The van der Waals surface area contributed by atoms with Crippen molar-refractivity contribution < 1.29 is 5.48 Å². The van der Waals surface area contributed by atoms with Gasteiger partial charge in [0.05, 0.1) is 0 Å². The first kappa shape index (κ1) is 10.5. The number of rotatable bonds is 0. The Kier molecular flexibility index (Phi) is 0.913. The van der Waals surface area contributed by atoms with Gasteiger partial charge < -0.3 is 12.4 Å². The SMILES string of the molecule is O.[CH2-]C.[Rf].[Rf]. The Bertz CT molecular complexity index is 7.61. The molecule has 0 bridgehead atoms. The van der Waals surface area contributed by atoms with Crippen molar-refractivity contribution in [3.63, 3.8) is 0 Å². The zero-order valence-corrected chi connectivity index (χ0v) is 16.4. The van der Waals surface area contributed by atoms with Gasteiger partial charge in [-0.2, -0.15) is 6.92 Å². The van der Waals surface area contributed by atoms with Crippen LogP contribution in [0, 0.1) is 6.92 Å². The van der Waals surface area contributed by atoms with Gasteiger partial charge in [0.1, 0.15) is 0 Å². The average molecular weight is 581 g/mol. The summed E-state index contributed by atoms with van der Waals surface area (Å²) in [4.78, 5) is 0. The molecular weight excluding hydrogens is 574 g/mol. The van der Waals surface area contributed by atoms with Gasteiger partial charge in [0.15, 0.2) is 0 Å². The summed E-state index contributed by atoms with van der Waals surface area (Å²) in [6.45, 7) is 5.00. The summed E-state index contributed by atoms with van der Waals surface area (Å²) in [7, 11) is 0. The van der Waals surface area contributed by atoms with Crippen LogP contribution in [0.15, 0.2) is 0 Å². The minimum atomic E-state index is 0. The van der Waals surface area contributed by atoms with Crippen LogP contribution in [0.2, 0.25) is 0 Å². The van der Waals surface area contributed by atoms with Crippen molar-refractivity contribution in [2.75, 3.05) is 0 Å². The van der Waals surface area contributed by atoms with E-state index in [1.807, 2.05) is 0 Å². The van der Waals surface area contributed by atoms with E-state index in [0.29, 0.717) is 0 Å².